The molecule has 0 heterocycles. The maximum atomic E-state index is 7.59. The molecule has 158 valence electrons. The highest BCUT2D eigenvalue weighted by molar-refractivity contribution is 5.78. The van der Waals surface area contributed by atoms with Crippen molar-refractivity contribution in [1.82, 2.24) is 0 Å². The first-order chi connectivity index (χ1) is 15.8. The molecule has 6 rings (SSSR count). The van der Waals surface area contributed by atoms with Gasteiger partial charge in [-0.1, -0.05) is 84.1 Å². The molecule has 2 unspecified atom stereocenters. The molecule has 6 aliphatic carbocycles. The van der Waals surface area contributed by atoms with Crippen molar-refractivity contribution in [3.05, 3.63) is 117 Å². The molecule has 0 aromatic rings. The number of nitrogens with one attached hydrogen (secondary N) is 2. The first-order valence-electron chi connectivity index (χ1n) is 11.8. The van der Waals surface area contributed by atoms with Crippen molar-refractivity contribution in [3.63, 3.8) is 0 Å². The zero-order chi connectivity index (χ0) is 21.7. The van der Waals surface area contributed by atoms with Crippen molar-refractivity contribution in [2.45, 2.75) is 25.7 Å². The van der Waals surface area contributed by atoms with Gasteiger partial charge in [-0.05, 0) is 59.1 Å². The van der Waals surface area contributed by atoms with Crippen LogP contribution in [-0.4, -0.2) is 12.4 Å². The van der Waals surface area contributed by atoms with Gasteiger partial charge in [-0.15, -0.1) is 0 Å². The van der Waals surface area contributed by atoms with Gasteiger partial charge in [0.05, 0.1) is 0 Å². The van der Waals surface area contributed by atoms with E-state index in [4.69, 9.17) is 10.8 Å². The Bertz CT molecular complexity index is 1120. The lowest BCUT2D eigenvalue weighted by Gasteiger charge is -2.33. The fourth-order valence-electron chi connectivity index (χ4n) is 6.45. The average molecular weight is 417 g/mol. The average Bonchev–Trinajstić information content (AvgIpc) is 3.20. The number of fused-ring (bicyclic) bond motifs is 3. The molecule has 0 aliphatic heterocycles. The third-order valence-corrected chi connectivity index (χ3v) is 7.99. The molecule has 0 amide bonds. The zero-order valence-corrected chi connectivity index (χ0v) is 18.2. The van der Waals surface area contributed by atoms with Crippen LogP contribution in [0.1, 0.15) is 25.7 Å². The second kappa shape index (κ2) is 7.70. The highest BCUT2D eigenvalue weighted by atomic mass is 14.5. The van der Waals surface area contributed by atoms with E-state index in [2.05, 4.69) is 72.9 Å². The van der Waals surface area contributed by atoms with E-state index in [1.165, 1.54) is 34.7 Å². The van der Waals surface area contributed by atoms with Crippen LogP contribution in [0.15, 0.2) is 117 Å². The SMILES string of the molecule is N=CC1=CC=C(C2=CC=C(C3=CC=C(C=N)CC3)C3C4=CC=CC5C=CC=C(C45)C23)CC1. The summed E-state index contributed by atoms with van der Waals surface area (Å²) in [5.41, 5.74) is 11.2. The Kier molecular flexibility index (Phi) is 4.68. The molecule has 2 N–H and O–H groups in total. The molecule has 0 spiro atoms. The van der Waals surface area contributed by atoms with Crippen molar-refractivity contribution in [3.8, 4) is 0 Å². The molecule has 0 aromatic heterocycles. The third-order valence-electron chi connectivity index (χ3n) is 7.99. The second-order valence-electron chi connectivity index (χ2n) is 9.51. The quantitative estimate of drug-likeness (QED) is 0.468. The number of rotatable bonds is 4. The molecule has 1 fully saturated rings. The van der Waals surface area contributed by atoms with E-state index in [1.54, 1.807) is 11.1 Å². The molecular formula is C30H28N2. The van der Waals surface area contributed by atoms with Crippen molar-refractivity contribution < 1.29 is 0 Å². The maximum absolute atomic E-state index is 7.59. The molecule has 0 radical (unpaired) electrons. The van der Waals surface area contributed by atoms with E-state index < -0.39 is 0 Å². The van der Waals surface area contributed by atoms with Crippen LogP contribution in [0.3, 0.4) is 0 Å². The Morgan fingerprint density at radius 1 is 0.562 bits per heavy atom. The molecule has 0 bridgehead atoms. The van der Waals surface area contributed by atoms with Crippen LogP contribution in [0, 0.1) is 34.5 Å². The molecule has 32 heavy (non-hydrogen) atoms. The Labute approximate surface area is 190 Å². The van der Waals surface area contributed by atoms with Crippen molar-refractivity contribution in [1.29, 1.82) is 10.8 Å². The molecular weight excluding hydrogens is 388 g/mol. The Balaban J connectivity index is 1.50. The van der Waals surface area contributed by atoms with Gasteiger partial charge in [0.2, 0.25) is 0 Å². The van der Waals surface area contributed by atoms with Crippen LogP contribution in [0.25, 0.3) is 0 Å². The number of hydrogen-bond acceptors (Lipinski definition) is 2. The molecule has 0 aromatic carbocycles. The van der Waals surface area contributed by atoms with Crippen LogP contribution < -0.4 is 0 Å². The first-order valence-corrected chi connectivity index (χ1v) is 11.8. The highest BCUT2D eigenvalue weighted by Crippen LogP contribution is 2.60. The van der Waals surface area contributed by atoms with Crippen LogP contribution in [0.4, 0.5) is 0 Å². The smallest absolute Gasteiger partial charge is 0.0209 e. The third kappa shape index (κ3) is 2.93. The van der Waals surface area contributed by atoms with Gasteiger partial charge >= 0.3 is 0 Å². The Hall–Kier alpha value is -3.26. The summed E-state index contributed by atoms with van der Waals surface area (Å²) in [6, 6.07) is 0. The van der Waals surface area contributed by atoms with Crippen molar-refractivity contribution in [2.75, 3.05) is 0 Å². The summed E-state index contributed by atoms with van der Waals surface area (Å²) in [7, 11) is 0. The fraction of sp³-hybridized carbons (Fsp3) is 0.267. The second-order valence-corrected chi connectivity index (χ2v) is 9.51. The van der Waals surface area contributed by atoms with E-state index in [0.717, 1.165) is 36.8 Å². The molecule has 2 nitrogen and oxygen atoms in total. The highest BCUT2D eigenvalue weighted by Gasteiger charge is 2.50. The predicted octanol–water partition coefficient (Wildman–Crippen LogP) is 6.92. The van der Waals surface area contributed by atoms with E-state index >= 15 is 0 Å². The van der Waals surface area contributed by atoms with Crippen LogP contribution >= 0.6 is 0 Å². The van der Waals surface area contributed by atoms with Crippen LogP contribution in [0.5, 0.6) is 0 Å². The van der Waals surface area contributed by atoms with E-state index in [1.807, 2.05) is 0 Å². The maximum Gasteiger partial charge on any atom is 0.0209 e. The van der Waals surface area contributed by atoms with E-state index in [-0.39, 0.29) is 0 Å². The summed E-state index contributed by atoms with van der Waals surface area (Å²) in [5.74, 6) is 1.75. The van der Waals surface area contributed by atoms with Gasteiger partial charge in [-0.3, -0.25) is 0 Å². The van der Waals surface area contributed by atoms with E-state index in [0.29, 0.717) is 23.7 Å². The summed E-state index contributed by atoms with van der Waals surface area (Å²) in [4.78, 5) is 0. The van der Waals surface area contributed by atoms with Crippen molar-refractivity contribution in [2.24, 2.45) is 23.7 Å². The summed E-state index contributed by atoms with van der Waals surface area (Å²) in [6.07, 6.45) is 34.5. The lowest BCUT2D eigenvalue weighted by atomic mass is 9.70. The van der Waals surface area contributed by atoms with Gasteiger partial charge < -0.3 is 10.8 Å². The standard InChI is InChI=1S/C30H28N2/c31-17-19-7-11-21(12-8-19)24-15-16-25(22-13-9-20(18-32)10-14-22)30-27-6-2-4-23-3-1-5-26(28(23)27)29(24)30/h1-7,9,11,13,15-18,23,28-32H,8,10,12,14H2. The molecule has 1 saturated carbocycles. The Morgan fingerprint density at radius 2 is 1.06 bits per heavy atom. The topological polar surface area (TPSA) is 47.7 Å². The minimum Gasteiger partial charge on any atom is -0.308 e. The summed E-state index contributed by atoms with van der Waals surface area (Å²) in [6.45, 7) is 0. The van der Waals surface area contributed by atoms with Crippen molar-refractivity contribution >= 4 is 12.4 Å². The summed E-state index contributed by atoms with van der Waals surface area (Å²) < 4.78 is 0. The lowest BCUT2D eigenvalue weighted by Crippen LogP contribution is -2.22. The van der Waals surface area contributed by atoms with E-state index in [9.17, 15) is 0 Å². The zero-order valence-electron chi connectivity index (χ0n) is 18.2. The summed E-state index contributed by atoms with van der Waals surface area (Å²) in [5, 5.41) is 15.2. The molecule has 2 heteroatoms. The number of allylic oxidation sites excluding steroid dienone is 20. The van der Waals surface area contributed by atoms with Gasteiger partial charge in [0.25, 0.3) is 0 Å². The van der Waals surface area contributed by atoms with Gasteiger partial charge in [0.15, 0.2) is 0 Å². The first kappa shape index (κ1) is 19.4. The normalized spacial score (nSPS) is 32.1. The van der Waals surface area contributed by atoms with Crippen LogP contribution in [0.2, 0.25) is 0 Å². The largest absolute Gasteiger partial charge is 0.308 e. The minimum absolute atomic E-state index is 0.397. The Morgan fingerprint density at radius 3 is 1.47 bits per heavy atom. The van der Waals surface area contributed by atoms with Gasteiger partial charge in [0, 0.05) is 36.1 Å². The molecule has 2 atom stereocenters. The lowest BCUT2D eigenvalue weighted by molar-refractivity contribution is 0.597. The predicted molar refractivity (Wildman–Crippen MR) is 133 cm³/mol. The molecule has 6 aliphatic rings. The van der Waals surface area contributed by atoms with Gasteiger partial charge in [-0.25, -0.2) is 0 Å². The monoisotopic (exact) mass is 416 g/mol. The van der Waals surface area contributed by atoms with Gasteiger partial charge in [0.1, 0.15) is 0 Å². The minimum atomic E-state index is 0.397. The fourth-order valence-corrected chi connectivity index (χ4v) is 6.45. The summed E-state index contributed by atoms with van der Waals surface area (Å²) >= 11 is 0. The van der Waals surface area contributed by atoms with Gasteiger partial charge in [-0.2, -0.15) is 0 Å². The van der Waals surface area contributed by atoms with Crippen LogP contribution in [-0.2, 0) is 0 Å². The molecule has 0 saturated heterocycles. The number of hydrogen-bond donors (Lipinski definition) is 2.